The Labute approximate surface area is 117 Å². The molecule has 6 heteroatoms. The van der Waals surface area contributed by atoms with Gasteiger partial charge in [0.25, 0.3) is 5.91 Å². The first-order valence-corrected chi connectivity index (χ1v) is 6.80. The van der Waals surface area contributed by atoms with Gasteiger partial charge in [0.05, 0.1) is 0 Å². The Kier molecular flexibility index (Phi) is 3.45. The van der Waals surface area contributed by atoms with Crippen LogP contribution in [0.5, 0.6) is 0 Å². The predicted octanol–water partition coefficient (Wildman–Crippen LogP) is 1.23. The number of hydrogen-bond donors (Lipinski definition) is 0. The van der Waals surface area contributed by atoms with Gasteiger partial charge in [0.1, 0.15) is 17.8 Å². The number of carbonyl (C=O) groups is 1. The fourth-order valence-electron chi connectivity index (χ4n) is 2.69. The maximum Gasteiger partial charge on any atom is 0.272 e. The molecule has 0 saturated carbocycles. The minimum atomic E-state index is -0.00234. The van der Waals surface area contributed by atoms with E-state index in [0.717, 1.165) is 25.2 Å². The quantitative estimate of drug-likeness (QED) is 0.824. The van der Waals surface area contributed by atoms with E-state index in [1.54, 1.807) is 18.6 Å². The molecule has 1 atom stereocenters. The lowest BCUT2D eigenvalue weighted by Crippen LogP contribution is -2.40. The molecular weight excluding hydrogens is 254 g/mol. The number of hydrogen-bond acceptors (Lipinski definition) is 4. The highest BCUT2D eigenvalue weighted by Crippen LogP contribution is 2.25. The van der Waals surface area contributed by atoms with Crippen molar-refractivity contribution in [3.63, 3.8) is 0 Å². The highest BCUT2D eigenvalue weighted by molar-refractivity contribution is 5.92. The lowest BCUT2D eigenvalue weighted by Gasteiger charge is -2.31. The van der Waals surface area contributed by atoms with Crippen molar-refractivity contribution in [2.45, 2.75) is 18.8 Å². The van der Waals surface area contributed by atoms with Crippen LogP contribution in [-0.2, 0) is 7.05 Å². The summed E-state index contributed by atoms with van der Waals surface area (Å²) in [4.78, 5) is 18.4. The molecule has 1 aliphatic heterocycles. The maximum atomic E-state index is 12.4. The van der Waals surface area contributed by atoms with Crippen LogP contribution >= 0.6 is 0 Å². The Morgan fingerprint density at radius 1 is 1.40 bits per heavy atom. The van der Waals surface area contributed by atoms with Crippen LogP contribution in [0.2, 0.25) is 0 Å². The van der Waals surface area contributed by atoms with E-state index in [0.29, 0.717) is 12.2 Å². The molecule has 20 heavy (non-hydrogen) atoms. The van der Waals surface area contributed by atoms with Crippen LogP contribution in [-0.4, -0.2) is 43.6 Å². The van der Waals surface area contributed by atoms with Gasteiger partial charge in [-0.25, -0.2) is 0 Å². The first kappa shape index (κ1) is 12.8. The average Bonchev–Trinajstić information content (AvgIpc) is 2.94. The van der Waals surface area contributed by atoms with Crippen molar-refractivity contribution in [3.05, 3.63) is 42.2 Å². The third kappa shape index (κ3) is 2.41. The van der Waals surface area contributed by atoms with E-state index in [2.05, 4.69) is 15.2 Å². The Morgan fingerprint density at radius 3 is 3.00 bits per heavy atom. The van der Waals surface area contributed by atoms with Crippen LogP contribution in [0.1, 0.15) is 35.1 Å². The molecule has 0 spiro atoms. The second-order valence-corrected chi connectivity index (χ2v) is 5.11. The highest BCUT2D eigenvalue weighted by Gasteiger charge is 2.28. The first-order valence-electron chi connectivity index (χ1n) is 6.80. The summed E-state index contributed by atoms with van der Waals surface area (Å²) >= 11 is 0. The van der Waals surface area contributed by atoms with Crippen LogP contribution in [0.4, 0.5) is 0 Å². The molecule has 1 amide bonds. The lowest BCUT2D eigenvalue weighted by molar-refractivity contribution is 0.0697. The first-order chi connectivity index (χ1) is 9.75. The van der Waals surface area contributed by atoms with E-state index in [9.17, 15) is 4.79 Å². The predicted molar refractivity (Wildman–Crippen MR) is 73.1 cm³/mol. The molecule has 6 nitrogen and oxygen atoms in total. The zero-order valence-electron chi connectivity index (χ0n) is 11.4. The fraction of sp³-hybridized carbons (Fsp3) is 0.429. The summed E-state index contributed by atoms with van der Waals surface area (Å²) < 4.78 is 1.93. The Balaban J connectivity index is 1.76. The van der Waals surface area contributed by atoms with Crippen molar-refractivity contribution in [1.82, 2.24) is 24.6 Å². The van der Waals surface area contributed by atoms with Crippen LogP contribution in [0, 0.1) is 0 Å². The summed E-state index contributed by atoms with van der Waals surface area (Å²) in [6.07, 6.45) is 5.38. The Hall–Kier alpha value is -2.24. The number of pyridine rings is 1. The van der Waals surface area contributed by atoms with E-state index in [-0.39, 0.29) is 11.8 Å². The summed E-state index contributed by atoms with van der Waals surface area (Å²) in [5.74, 6) is 1.20. The summed E-state index contributed by atoms with van der Waals surface area (Å²) in [7, 11) is 1.94. The second-order valence-electron chi connectivity index (χ2n) is 5.11. The number of amides is 1. The summed E-state index contributed by atoms with van der Waals surface area (Å²) in [5.41, 5.74) is 0.506. The van der Waals surface area contributed by atoms with Gasteiger partial charge in [-0.3, -0.25) is 9.78 Å². The maximum absolute atomic E-state index is 12.4. The second kappa shape index (κ2) is 5.40. The molecule has 3 heterocycles. The van der Waals surface area contributed by atoms with Gasteiger partial charge in [-0.15, -0.1) is 10.2 Å². The zero-order chi connectivity index (χ0) is 13.9. The molecule has 3 rings (SSSR count). The van der Waals surface area contributed by atoms with Gasteiger partial charge in [-0.1, -0.05) is 6.07 Å². The number of carbonyl (C=O) groups excluding carboxylic acids is 1. The van der Waals surface area contributed by atoms with Crippen molar-refractivity contribution in [2.24, 2.45) is 7.05 Å². The fourth-order valence-corrected chi connectivity index (χ4v) is 2.69. The van der Waals surface area contributed by atoms with Gasteiger partial charge in [0.2, 0.25) is 0 Å². The van der Waals surface area contributed by atoms with Crippen LogP contribution in [0.15, 0.2) is 30.7 Å². The molecule has 0 aliphatic carbocycles. The molecule has 1 fully saturated rings. The van der Waals surface area contributed by atoms with Crippen molar-refractivity contribution >= 4 is 5.91 Å². The molecule has 0 unspecified atom stereocenters. The Morgan fingerprint density at radius 2 is 2.30 bits per heavy atom. The highest BCUT2D eigenvalue weighted by atomic mass is 16.2. The SMILES string of the molecule is Cn1cnnc1[C@@H]1CCCN(C(=O)c2ccccn2)C1. The molecule has 2 aromatic heterocycles. The van der Waals surface area contributed by atoms with E-state index in [1.807, 2.05) is 28.6 Å². The molecule has 104 valence electrons. The summed E-state index contributed by atoms with van der Waals surface area (Å²) in [6, 6.07) is 5.41. The smallest absolute Gasteiger partial charge is 0.272 e. The molecule has 0 bridgehead atoms. The average molecular weight is 271 g/mol. The standard InChI is InChI=1S/C14H17N5O/c1-18-10-16-17-13(18)11-5-4-8-19(9-11)14(20)12-6-2-3-7-15-12/h2-3,6-7,10-11H,4-5,8-9H2,1H3/t11-/m1/s1. The molecule has 2 aromatic rings. The van der Waals surface area contributed by atoms with Gasteiger partial charge in [0, 0.05) is 32.3 Å². The Bertz CT molecular complexity index is 595. The van der Waals surface area contributed by atoms with Gasteiger partial charge in [-0.2, -0.15) is 0 Å². The minimum absolute atomic E-state index is 0.00234. The van der Waals surface area contributed by atoms with Crippen molar-refractivity contribution in [3.8, 4) is 0 Å². The van der Waals surface area contributed by atoms with Crippen LogP contribution in [0.25, 0.3) is 0 Å². The van der Waals surface area contributed by atoms with E-state index in [4.69, 9.17) is 0 Å². The molecule has 0 radical (unpaired) electrons. The number of nitrogens with zero attached hydrogens (tertiary/aromatic N) is 5. The largest absolute Gasteiger partial charge is 0.337 e. The number of piperidine rings is 1. The number of aryl methyl sites for hydroxylation is 1. The molecular formula is C14H17N5O. The van der Waals surface area contributed by atoms with Gasteiger partial charge in [0.15, 0.2) is 0 Å². The van der Waals surface area contributed by atoms with Gasteiger partial charge >= 0.3 is 0 Å². The zero-order valence-corrected chi connectivity index (χ0v) is 11.4. The normalized spacial score (nSPS) is 19.1. The monoisotopic (exact) mass is 271 g/mol. The summed E-state index contributed by atoms with van der Waals surface area (Å²) in [5, 5.41) is 8.09. The lowest BCUT2D eigenvalue weighted by atomic mass is 9.97. The van der Waals surface area contributed by atoms with Crippen molar-refractivity contribution in [2.75, 3.05) is 13.1 Å². The van der Waals surface area contributed by atoms with Gasteiger partial charge in [-0.05, 0) is 25.0 Å². The number of rotatable bonds is 2. The van der Waals surface area contributed by atoms with E-state index < -0.39 is 0 Å². The topological polar surface area (TPSA) is 63.9 Å². The van der Waals surface area contributed by atoms with Crippen LogP contribution < -0.4 is 0 Å². The number of aromatic nitrogens is 4. The van der Waals surface area contributed by atoms with E-state index in [1.165, 1.54) is 0 Å². The minimum Gasteiger partial charge on any atom is -0.337 e. The van der Waals surface area contributed by atoms with E-state index >= 15 is 0 Å². The molecule has 0 aromatic carbocycles. The number of likely N-dealkylation sites (tertiary alicyclic amines) is 1. The van der Waals surface area contributed by atoms with Crippen molar-refractivity contribution < 1.29 is 4.79 Å². The van der Waals surface area contributed by atoms with Gasteiger partial charge < -0.3 is 9.47 Å². The van der Waals surface area contributed by atoms with Crippen molar-refractivity contribution in [1.29, 1.82) is 0 Å². The van der Waals surface area contributed by atoms with Crippen LogP contribution in [0.3, 0.4) is 0 Å². The molecule has 0 N–H and O–H groups in total. The molecule has 1 saturated heterocycles. The third-order valence-electron chi connectivity index (χ3n) is 3.70. The third-order valence-corrected chi connectivity index (χ3v) is 3.70. The summed E-state index contributed by atoms with van der Waals surface area (Å²) in [6.45, 7) is 1.46. The molecule has 1 aliphatic rings.